The second-order valence-electron chi connectivity index (χ2n) is 4.66. The molecule has 0 fully saturated rings. The van der Waals surface area contributed by atoms with E-state index in [1.54, 1.807) is 0 Å². The largest absolute Gasteiger partial charge is 0.306 e. The van der Waals surface area contributed by atoms with Crippen LogP contribution in [-0.4, -0.2) is 10.2 Å². The molecule has 0 saturated carbocycles. The van der Waals surface area contributed by atoms with E-state index in [1.165, 1.54) is 11.1 Å². The molecule has 3 heteroatoms. The van der Waals surface area contributed by atoms with Crippen LogP contribution in [0.15, 0.2) is 30.3 Å². The summed E-state index contributed by atoms with van der Waals surface area (Å²) in [6, 6.07) is 11.0. The number of hydrogen-bond acceptors (Lipinski definition) is 2. The van der Waals surface area contributed by atoms with E-state index in [0.717, 1.165) is 24.4 Å². The van der Waals surface area contributed by atoms with E-state index in [0.29, 0.717) is 6.04 Å². The van der Waals surface area contributed by atoms with Crippen LogP contribution in [0.1, 0.15) is 41.9 Å². The Morgan fingerprint density at radius 1 is 1.22 bits per heavy atom. The number of aromatic amines is 1. The smallest absolute Gasteiger partial charge is 0.0638 e. The number of nitrogens with one attached hydrogen (secondary N) is 2. The van der Waals surface area contributed by atoms with Gasteiger partial charge in [0, 0.05) is 23.8 Å². The van der Waals surface area contributed by atoms with E-state index in [9.17, 15) is 0 Å². The molecule has 0 bridgehead atoms. The van der Waals surface area contributed by atoms with Gasteiger partial charge >= 0.3 is 0 Å². The summed E-state index contributed by atoms with van der Waals surface area (Å²) in [4.78, 5) is 0. The highest BCUT2D eigenvalue weighted by Crippen LogP contribution is 2.18. The van der Waals surface area contributed by atoms with Crippen LogP contribution in [0.5, 0.6) is 0 Å². The van der Waals surface area contributed by atoms with Crippen molar-refractivity contribution in [1.82, 2.24) is 15.5 Å². The fourth-order valence-corrected chi connectivity index (χ4v) is 2.24. The van der Waals surface area contributed by atoms with E-state index in [2.05, 4.69) is 59.7 Å². The van der Waals surface area contributed by atoms with E-state index < -0.39 is 0 Å². The Morgan fingerprint density at radius 3 is 2.50 bits per heavy atom. The standard InChI is InChI=1S/C15H21N3/c1-4-15(13-8-6-5-7-9-13)16-10-14-11(2)17-18-12(14)3/h5-9,15-16H,4,10H2,1-3H3,(H,17,18). The van der Waals surface area contributed by atoms with Crippen LogP contribution in [0.4, 0.5) is 0 Å². The Balaban J connectivity index is 2.04. The first-order valence-electron chi connectivity index (χ1n) is 6.51. The predicted molar refractivity (Wildman–Crippen MR) is 74.4 cm³/mol. The molecule has 2 aromatic rings. The second kappa shape index (κ2) is 5.83. The van der Waals surface area contributed by atoms with Gasteiger partial charge in [0.15, 0.2) is 0 Å². The Bertz CT molecular complexity index is 468. The van der Waals surface area contributed by atoms with Gasteiger partial charge in [0.25, 0.3) is 0 Å². The van der Waals surface area contributed by atoms with Crippen molar-refractivity contribution in [2.24, 2.45) is 0 Å². The summed E-state index contributed by atoms with van der Waals surface area (Å²) >= 11 is 0. The molecule has 0 spiro atoms. The van der Waals surface area contributed by atoms with Gasteiger partial charge in [-0.1, -0.05) is 37.3 Å². The first-order valence-corrected chi connectivity index (χ1v) is 6.51. The third kappa shape index (κ3) is 2.79. The molecule has 1 aromatic carbocycles. The molecular weight excluding hydrogens is 222 g/mol. The highest BCUT2D eigenvalue weighted by molar-refractivity contribution is 5.24. The molecule has 1 heterocycles. The summed E-state index contributed by atoms with van der Waals surface area (Å²) in [6.07, 6.45) is 1.08. The third-order valence-corrected chi connectivity index (χ3v) is 3.42. The number of rotatable bonds is 5. The number of aromatic nitrogens is 2. The fourth-order valence-electron chi connectivity index (χ4n) is 2.24. The average Bonchev–Trinajstić information content (AvgIpc) is 2.72. The van der Waals surface area contributed by atoms with Crippen molar-refractivity contribution in [2.45, 2.75) is 39.8 Å². The van der Waals surface area contributed by atoms with Crippen molar-refractivity contribution in [2.75, 3.05) is 0 Å². The van der Waals surface area contributed by atoms with Crippen molar-refractivity contribution in [1.29, 1.82) is 0 Å². The summed E-state index contributed by atoms with van der Waals surface area (Å²) in [7, 11) is 0. The second-order valence-corrected chi connectivity index (χ2v) is 4.66. The van der Waals surface area contributed by atoms with Crippen LogP contribution in [-0.2, 0) is 6.54 Å². The first kappa shape index (κ1) is 12.8. The van der Waals surface area contributed by atoms with Crippen LogP contribution >= 0.6 is 0 Å². The van der Waals surface area contributed by atoms with Gasteiger partial charge in [0.1, 0.15) is 0 Å². The zero-order valence-electron chi connectivity index (χ0n) is 11.3. The summed E-state index contributed by atoms with van der Waals surface area (Å²) in [5.74, 6) is 0. The van der Waals surface area contributed by atoms with Crippen molar-refractivity contribution >= 4 is 0 Å². The molecule has 2 rings (SSSR count). The van der Waals surface area contributed by atoms with Gasteiger partial charge in [-0.15, -0.1) is 0 Å². The topological polar surface area (TPSA) is 40.7 Å². The lowest BCUT2D eigenvalue weighted by Gasteiger charge is -2.17. The average molecular weight is 243 g/mol. The minimum absolute atomic E-state index is 0.403. The molecule has 1 aromatic heterocycles. The van der Waals surface area contributed by atoms with Crippen molar-refractivity contribution in [3.05, 3.63) is 52.8 Å². The Hall–Kier alpha value is -1.61. The van der Waals surface area contributed by atoms with Gasteiger partial charge in [-0.05, 0) is 25.8 Å². The van der Waals surface area contributed by atoms with Crippen LogP contribution in [0.2, 0.25) is 0 Å². The zero-order valence-corrected chi connectivity index (χ0v) is 11.3. The Kier molecular flexibility index (Phi) is 4.15. The minimum Gasteiger partial charge on any atom is -0.306 e. The number of hydrogen-bond donors (Lipinski definition) is 2. The van der Waals surface area contributed by atoms with Crippen molar-refractivity contribution in [3.63, 3.8) is 0 Å². The highest BCUT2D eigenvalue weighted by Gasteiger charge is 2.11. The Morgan fingerprint density at radius 2 is 1.94 bits per heavy atom. The molecule has 18 heavy (non-hydrogen) atoms. The lowest BCUT2D eigenvalue weighted by molar-refractivity contribution is 0.517. The fraction of sp³-hybridized carbons (Fsp3) is 0.400. The lowest BCUT2D eigenvalue weighted by Crippen LogP contribution is -2.20. The van der Waals surface area contributed by atoms with Gasteiger partial charge in [-0.2, -0.15) is 5.10 Å². The van der Waals surface area contributed by atoms with Crippen molar-refractivity contribution in [3.8, 4) is 0 Å². The maximum absolute atomic E-state index is 4.23. The number of H-pyrrole nitrogens is 1. The van der Waals surface area contributed by atoms with E-state index in [4.69, 9.17) is 0 Å². The third-order valence-electron chi connectivity index (χ3n) is 3.42. The zero-order chi connectivity index (χ0) is 13.0. The minimum atomic E-state index is 0.403. The highest BCUT2D eigenvalue weighted by atomic mass is 15.1. The van der Waals surface area contributed by atoms with Gasteiger partial charge in [0.05, 0.1) is 5.69 Å². The van der Waals surface area contributed by atoms with Gasteiger partial charge in [-0.3, -0.25) is 5.10 Å². The summed E-state index contributed by atoms with van der Waals surface area (Å²) in [5, 5.41) is 10.9. The lowest BCUT2D eigenvalue weighted by atomic mass is 10.0. The number of benzene rings is 1. The first-order chi connectivity index (χ1) is 8.72. The molecule has 0 aliphatic carbocycles. The molecule has 0 aliphatic heterocycles. The van der Waals surface area contributed by atoms with Gasteiger partial charge < -0.3 is 5.32 Å². The monoisotopic (exact) mass is 243 g/mol. The van der Waals surface area contributed by atoms with Crippen LogP contribution in [0.25, 0.3) is 0 Å². The Labute approximate surface area is 109 Å². The predicted octanol–water partition coefficient (Wildman–Crippen LogP) is 3.27. The molecule has 96 valence electrons. The summed E-state index contributed by atoms with van der Waals surface area (Å²) in [6.45, 7) is 7.19. The molecule has 0 saturated heterocycles. The summed E-state index contributed by atoms with van der Waals surface area (Å²) < 4.78 is 0. The molecule has 0 radical (unpaired) electrons. The van der Waals surface area contributed by atoms with E-state index in [-0.39, 0.29) is 0 Å². The molecule has 0 aliphatic rings. The SMILES string of the molecule is CCC(NCc1c(C)n[nH]c1C)c1ccccc1. The quantitative estimate of drug-likeness (QED) is 0.846. The van der Waals surface area contributed by atoms with Gasteiger partial charge in [-0.25, -0.2) is 0 Å². The number of aryl methyl sites for hydroxylation is 2. The van der Waals surface area contributed by atoms with E-state index >= 15 is 0 Å². The molecule has 1 unspecified atom stereocenters. The number of nitrogens with zero attached hydrogens (tertiary/aromatic N) is 1. The molecule has 2 N–H and O–H groups in total. The normalized spacial score (nSPS) is 12.6. The van der Waals surface area contributed by atoms with Crippen LogP contribution in [0, 0.1) is 13.8 Å². The maximum Gasteiger partial charge on any atom is 0.0638 e. The van der Waals surface area contributed by atoms with Crippen LogP contribution < -0.4 is 5.32 Å². The summed E-state index contributed by atoms with van der Waals surface area (Å²) in [5.41, 5.74) is 4.87. The van der Waals surface area contributed by atoms with Gasteiger partial charge in [0.2, 0.25) is 0 Å². The molecule has 3 nitrogen and oxygen atoms in total. The maximum atomic E-state index is 4.23. The molecule has 1 atom stereocenters. The molecule has 0 amide bonds. The van der Waals surface area contributed by atoms with Crippen molar-refractivity contribution < 1.29 is 0 Å². The molecular formula is C15H21N3. The van der Waals surface area contributed by atoms with Crippen LogP contribution in [0.3, 0.4) is 0 Å². The van der Waals surface area contributed by atoms with E-state index in [1.807, 2.05) is 6.92 Å².